The molecule has 2 aromatic rings. The van der Waals surface area contributed by atoms with Gasteiger partial charge in [-0.2, -0.15) is 0 Å². The molecule has 0 radical (unpaired) electrons. The third-order valence-corrected chi connectivity index (χ3v) is 6.12. The predicted octanol–water partition coefficient (Wildman–Crippen LogP) is 2.08. The van der Waals surface area contributed by atoms with Gasteiger partial charge in [-0.1, -0.05) is 12.1 Å². The van der Waals surface area contributed by atoms with Gasteiger partial charge in [-0.3, -0.25) is 9.59 Å². The molecule has 3 aliphatic rings. The maximum Gasteiger partial charge on any atom is 0.254 e. The number of fused-ring (bicyclic) bond motifs is 2. The number of ether oxygens (including phenoxy) is 2. The second kappa shape index (κ2) is 6.84. The Morgan fingerprint density at radius 2 is 1.86 bits per heavy atom. The third kappa shape index (κ3) is 3.06. The van der Waals surface area contributed by atoms with Crippen LogP contribution < -0.4 is 15.4 Å². The predicted molar refractivity (Wildman–Crippen MR) is 103 cm³/mol. The molecule has 1 aliphatic carbocycles. The SMILES string of the molecule is CNC(=O)c1cc(C(=O)N[C@H]2[C@@H]3COC[C@@H]32)cc2c1OCC2c1cccc(F)c1. The van der Waals surface area contributed by atoms with Gasteiger partial charge >= 0.3 is 0 Å². The van der Waals surface area contributed by atoms with Crippen LogP contribution in [0.5, 0.6) is 5.75 Å². The minimum Gasteiger partial charge on any atom is -0.491 e. The van der Waals surface area contributed by atoms with Crippen molar-refractivity contribution in [2.45, 2.75) is 12.0 Å². The number of rotatable bonds is 4. The van der Waals surface area contributed by atoms with Crippen molar-refractivity contribution in [3.05, 3.63) is 64.5 Å². The quantitative estimate of drug-likeness (QED) is 0.830. The van der Waals surface area contributed by atoms with Gasteiger partial charge in [0.05, 0.1) is 25.4 Å². The van der Waals surface area contributed by atoms with Crippen molar-refractivity contribution < 1.29 is 23.5 Å². The van der Waals surface area contributed by atoms with Crippen molar-refractivity contribution in [3.8, 4) is 5.75 Å². The molecule has 1 saturated heterocycles. The maximum atomic E-state index is 13.7. The zero-order chi connectivity index (χ0) is 20.1. The summed E-state index contributed by atoms with van der Waals surface area (Å²) >= 11 is 0. The highest BCUT2D eigenvalue weighted by Crippen LogP contribution is 2.45. The first kappa shape index (κ1) is 18.1. The van der Waals surface area contributed by atoms with Gasteiger partial charge in [0, 0.05) is 42.0 Å². The van der Waals surface area contributed by atoms with Gasteiger partial charge in [0.1, 0.15) is 11.6 Å². The number of hydrogen-bond donors (Lipinski definition) is 2. The Morgan fingerprint density at radius 1 is 1.07 bits per heavy atom. The molecule has 5 rings (SSSR count). The van der Waals surface area contributed by atoms with E-state index in [4.69, 9.17) is 9.47 Å². The molecular formula is C22H21FN2O4. The van der Waals surface area contributed by atoms with Gasteiger partial charge in [0.2, 0.25) is 0 Å². The number of hydrogen-bond acceptors (Lipinski definition) is 4. The molecule has 0 aromatic heterocycles. The van der Waals surface area contributed by atoms with E-state index in [2.05, 4.69) is 10.6 Å². The summed E-state index contributed by atoms with van der Waals surface area (Å²) in [6.07, 6.45) is 0. The van der Waals surface area contributed by atoms with Gasteiger partial charge in [-0.05, 0) is 29.8 Å². The first-order valence-electron chi connectivity index (χ1n) is 9.73. The van der Waals surface area contributed by atoms with E-state index in [1.165, 1.54) is 19.2 Å². The Morgan fingerprint density at radius 3 is 2.59 bits per heavy atom. The van der Waals surface area contributed by atoms with Crippen LogP contribution in [-0.4, -0.2) is 44.7 Å². The molecule has 29 heavy (non-hydrogen) atoms. The van der Waals surface area contributed by atoms with E-state index in [1.54, 1.807) is 18.2 Å². The lowest BCUT2D eigenvalue weighted by Crippen LogP contribution is -2.30. The average Bonchev–Trinajstić information content (AvgIpc) is 3.09. The summed E-state index contributed by atoms with van der Waals surface area (Å²) in [4.78, 5) is 25.3. The molecule has 150 valence electrons. The zero-order valence-electron chi connectivity index (χ0n) is 15.9. The molecule has 1 saturated carbocycles. The van der Waals surface area contributed by atoms with Crippen LogP contribution in [0.3, 0.4) is 0 Å². The largest absolute Gasteiger partial charge is 0.491 e. The van der Waals surface area contributed by atoms with Crippen molar-refractivity contribution in [1.29, 1.82) is 0 Å². The average molecular weight is 396 g/mol. The van der Waals surface area contributed by atoms with Crippen LogP contribution in [0.1, 0.15) is 37.8 Å². The van der Waals surface area contributed by atoms with Crippen LogP contribution in [0, 0.1) is 17.7 Å². The Balaban J connectivity index is 1.50. The van der Waals surface area contributed by atoms with Crippen LogP contribution in [0.2, 0.25) is 0 Å². The normalized spacial score (nSPS) is 26.3. The maximum absolute atomic E-state index is 13.7. The lowest BCUT2D eigenvalue weighted by atomic mass is 9.90. The van der Waals surface area contributed by atoms with Crippen molar-refractivity contribution in [3.63, 3.8) is 0 Å². The molecule has 2 N–H and O–H groups in total. The zero-order valence-corrected chi connectivity index (χ0v) is 15.9. The van der Waals surface area contributed by atoms with Gasteiger partial charge < -0.3 is 20.1 Å². The molecule has 7 heteroatoms. The van der Waals surface area contributed by atoms with Crippen molar-refractivity contribution >= 4 is 11.8 Å². The lowest BCUT2D eigenvalue weighted by Gasteiger charge is -2.14. The molecule has 2 fully saturated rings. The Hall–Kier alpha value is -2.93. The van der Waals surface area contributed by atoms with Crippen LogP contribution in [0.4, 0.5) is 4.39 Å². The fourth-order valence-electron chi connectivity index (χ4n) is 4.45. The summed E-state index contributed by atoms with van der Waals surface area (Å²) in [5.41, 5.74) is 2.19. The number of amides is 2. The van der Waals surface area contributed by atoms with Crippen molar-refractivity contribution in [1.82, 2.24) is 10.6 Å². The van der Waals surface area contributed by atoms with E-state index >= 15 is 0 Å². The van der Waals surface area contributed by atoms with E-state index < -0.39 is 0 Å². The van der Waals surface area contributed by atoms with E-state index in [1.807, 2.05) is 6.07 Å². The molecule has 2 aliphatic heterocycles. The smallest absolute Gasteiger partial charge is 0.254 e. The lowest BCUT2D eigenvalue weighted by molar-refractivity contribution is 0.0929. The fourth-order valence-corrected chi connectivity index (χ4v) is 4.45. The van der Waals surface area contributed by atoms with Gasteiger partial charge in [0.25, 0.3) is 11.8 Å². The van der Waals surface area contributed by atoms with Gasteiger partial charge in [-0.15, -0.1) is 0 Å². The van der Waals surface area contributed by atoms with Crippen LogP contribution in [-0.2, 0) is 4.74 Å². The van der Waals surface area contributed by atoms with Crippen molar-refractivity contribution in [2.75, 3.05) is 26.9 Å². The highest BCUT2D eigenvalue weighted by Gasteiger charge is 2.54. The van der Waals surface area contributed by atoms with Gasteiger partial charge in [-0.25, -0.2) is 4.39 Å². The molecule has 2 amide bonds. The minimum absolute atomic E-state index is 0.128. The summed E-state index contributed by atoms with van der Waals surface area (Å²) in [6.45, 7) is 1.65. The van der Waals surface area contributed by atoms with E-state index in [0.717, 1.165) is 11.1 Å². The number of nitrogens with one attached hydrogen (secondary N) is 2. The topological polar surface area (TPSA) is 76.7 Å². The molecule has 2 aromatic carbocycles. The third-order valence-electron chi connectivity index (χ3n) is 6.12. The summed E-state index contributed by atoms with van der Waals surface area (Å²) in [6, 6.07) is 9.76. The second-order valence-electron chi connectivity index (χ2n) is 7.80. The first-order chi connectivity index (χ1) is 14.1. The summed E-state index contributed by atoms with van der Waals surface area (Å²) in [5.74, 6) is 0.0938. The van der Waals surface area contributed by atoms with E-state index in [-0.39, 0.29) is 36.2 Å². The number of carbonyl (C=O) groups excluding carboxylic acids is 2. The molecule has 2 heterocycles. The number of carbonyl (C=O) groups is 2. The molecular weight excluding hydrogens is 375 g/mol. The molecule has 0 bridgehead atoms. The molecule has 0 spiro atoms. The van der Waals surface area contributed by atoms with E-state index in [9.17, 15) is 14.0 Å². The summed E-state index contributed by atoms with van der Waals surface area (Å²) < 4.78 is 24.9. The fraction of sp³-hybridized carbons (Fsp3) is 0.364. The van der Waals surface area contributed by atoms with Crippen molar-refractivity contribution in [2.24, 2.45) is 11.8 Å². The highest BCUT2D eigenvalue weighted by molar-refractivity contribution is 6.02. The van der Waals surface area contributed by atoms with Crippen LogP contribution in [0.25, 0.3) is 0 Å². The Labute approximate surface area is 167 Å². The molecule has 4 atom stereocenters. The Kier molecular flexibility index (Phi) is 4.28. The summed E-state index contributed by atoms with van der Waals surface area (Å²) in [7, 11) is 1.53. The standard InChI is InChI=1S/C22H21FN2O4/c1-24-22(27)15-7-12(21(26)25-19-17-8-28-9-18(17)19)6-14-16(10-29-20(14)15)11-3-2-4-13(23)5-11/h2-7,16-19H,8-10H2,1H3,(H,24,27)(H,25,26)/t16?,17-,18+,19+. The number of benzene rings is 2. The first-order valence-corrected chi connectivity index (χ1v) is 9.73. The number of halogens is 1. The summed E-state index contributed by atoms with van der Waals surface area (Å²) in [5, 5.41) is 5.66. The van der Waals surface area contributed by atoms with Gasteiger partial charge in [0.15, 0.2) is 0 Å². The van der Waals surface area contributed by atoms with Crippen LogP contribution in [0.15, 0.2) is 36.4 Å². The highest BCUT2D eigenvalue weighted by atomic mass is 19.1. The minimum atomic E-state index is -0.334. The molecule has 1 unspecified atom stereocenters. The second-order valence-corrected chi connectivity index (χ2v) is 7.80. The van der Waals surface area contributed by atoms with Crippen LogP contribution >= 0.6 is 0 Å². The molecule has 6 nitrogen and oxygen atoms in total. The monoisotopic (exact) mass is 396 g/mol. The van der Waals surface area contributed by atoms with E-state index in [0.29, 0.717) is 41.9 Å². The Bertz CT molecular complexity index is 998.